The van der Waals surface area contributed by atoms with E-state index in [1.54, 1.807) is 11.0 Å². The fourth-order valence-electron chi connectivity index (χ4n) is 6.48. The highest BCUT2D eigenvalue weighted by Gasteiger charge is 2.48. The van der Waals surface area contributed by atoms with E-state index in [2.05, 4.69) is 37.8 Å². The Balaban J connectivity index is 1.57. The van der Waals surface area contributed by atoms with Crippen LogP contribution in [0.3, 0.4) is 0 Å². The minimum absolute atomic E-state index is 0.0236. The summed E-state index contributed by atoms with van der Waals surface area (Å²) in [7, 11) is 0. The molecule has 0 unspecified atom stereocenters. The Morgan fingerprint density at radius 1 is 1.18 bits per heavy atom. The summed E-state index contributed by atoms with van der Waals surface area (Å²) in [6.45, 7) is 9.32. The van der Waals surface area contributed by atoms with E-state index in [9.17, 15) is 9.90 Å². The van der Waals surface area contributed by atoms with Gasteiger partial charge in [-0.15, -0.1) is 0 Å². The number of piperidine rings is 3. The number of carboxylic acid groups (broad SMARTS) is 1. The van der Waals surface area contributed by atoms with E-state index in [-0.39, 0.29) is 23.3 Å². The zero-order chi connectivity index (χ0) is 23.3. The molecule has 2 atom stereocenters. The van der Waals surface area contributed by atoms with Crippen LogP contribution in [-0.2, 0) is 12.8 Å². The topological polar surface area (TPSA) is 43.8 Å². The SMILES string of the molecule is CCc1ccc(-c2cc3c(cc2F)[C@H](N(C(=O)O)[C@@H]2CN4CCC2CC4)C(C)(C)CC3)cc1. The Hall–Kier alpha value is -2.40. The summed E-state index contributed by atoms with van der Waals surface area (Å²) in [4.78, 5) is 16.8. The quantitative estimate of drug-likeness (QED) is 0.608. The third-order valence-electron chi connectivity index (χ3n) is 8.45. The molecule has 0 saturated carbocycles. The molecule has 176 valence electrons. The van der Waals surface area contributed by atoms with Gasteiger partial charge in [0.15, 0.2) is 0 Å². The minimum atomic E-state index is -0.876. The molecule has 6 rings (SSSR count). The fraction of sp³-hybridized carbons (Fsp3) is 0.536. The summed E-state index contributed by atoms with van der Waals surface area (Å²) in [5, 5.41) is 10.4. The van der Waals surface area contributed by atoms with Gasteiger partial charge in [-0.3, -0.25) is 4.90 Å². The van der Waals surface area contributed by atoms with Gasteiger partial charge in [0.1, 0.15) is 5.82 Å². The van der Waals surface area contributed by atoms with Gasteiger partial charge in [-0.25, -0.2) is 9.18 Å². The highest BCUT2D eigenvalue weighted by atomic mass is 19.1. The summed E-state index contributed by atoms with van der Waals surface area (Å²) in [6, 6.07) is 11.3. The van der Waals surface area contributed by atoms with Gasteiger partial charge in [0.05, 0.1) is 12.1 Å². The van der Waals surface area contributed by atoms with Gasteiger partial charge in [0.2, 0.25) is 0 Å². The summed E-state index contributed by atoms with van der Waals surface area (Å²) >= 11 is 0. The molecular formula is C28H35FN2O2. The molecule has 3 saturated heterocycles. The molecule has 2 bridgehead atoms. The second-order valence-electron chi connectivity index (χ2n) is 10.9. The minimum Gasteiger partial charge on any atom is -0.465 e. The second-order valence-corrected chi connectivity index (χ2v) is 10.9. The Morgan fingerprint density at radius 3 is 2.45 bits per heavy atom. The standard InChI is InChI=1S/C28H35FN2O2/c1-4-18-5-7-19(8-6-18)22-15-21-9-12-28(2,3)26(23(21)16-24(22)29)31(27(32)33)25-17-30-13-10-20(25)11-14-30/h5-8,15-16,20,25-26H,4,9-14,17H2,1-3H3,(H,32,33)/t25-,26+/m1/s1. The average molecular weight is 451 g/mol. The molecule has 4 nitrogen and oxygen atoms in total. The van der Waals surface area contributed by atoms with Crippen molar-refractivity contribution < 1.29 is 14.3 Å². The largest absolute Gasteiger partial charge is 0.465 e. The van der Waals surface area contributed by atoms with Crippen LogP contribution in [0.4, 0.5) is 9.18 Å². The van der Waals surface area contributed by atoms with Crippen molar-refractivity contribution in [1.29, 1.82) is 0 Å². The molecule has 2 aromatic rings. The highest BCUT2D eigenvalue weighted by molar-refractivity contribution is 5.69. The van der Waals surface area contributed by atoms with E-state index in [0.29, 0.717) is 11.5 Å². The molecule has 3 heterocycles. The number of halogens is 1. The first-order valence-corrected chi connectivity index (χ1v) is 12.4. The van der Waals surface area contributed by atoms with Gasteiger partial charge in [-0.1, -0.05) is 45.0 Å². The number of fused-ring (bicyclic) bond motifs is 4. The number of carbonyl (C=O) groups is 1. The predicted octanol–water partition coefficient (Wildman–Crippen LogP) is 6.14. The Kier molecular flexibility index (Phi) is 5.72. The number of amides is 1. The molecule has 0 spiro atoms. The normalized spacial score (nSPS) is 27.8. The number of hydrogen-bond donors (Lipinski definition) is 1. The number of hydrogen-bond acceptors (Lipinski definition) is 2. The summed E-state index contributed by atoms with van der Waals surface area (Å²) in [6.07, 6.45) is 3.90. The summed E-state index contributed by atoms with van der Waals surface area (Å²) in [5.41, 5.74) is 4.41. The van der Waals surface area contributed by atoms with Crippen molar-refractivity contribution in [2.75, 3.05) is 19.6 Å². The van der Waals surface area contributed by atoms with Crippen LogP contribution in [0.25, 0.3) is 11.1 Å². The molecule has 1 aliphatic carbocycles. The van der Waals surface area contributed by atoms with Crippen molar-refractivity contribution in [3.8, 4) is 11.1 Å². The van der Waals surface area contributed by atoms with Crippen LogP contribution in [-0.4, -0.2) is 46.7 Å². The number of rotatable bonds is 4. The Labute approximate surface area is 196 Å². The Morgan fingerprint density at radius 2 is 1.88 bits per heavy atom. The summed E-state index contributed by atoms with van der Waals surface area (Å²) < 4.78 is 15.6. The van der Waals surface area contributed by atoms with E-state index >= 15 is 4.39 Å². The maximum absolute atomic E-state index is 15.6. The zero-order valence-electron chi connectivity index (χ0n) is 20.0. The third-order valence-corrected chi connectivity index (χ3v) is 8.45. The van der Waals surface area contributed by atoms with Crippen LogP contribution in [0.15, 0.2) is 36.4 Å². The maximum Gasteiger partial charge on any atom is 0.408 e. The van der Waals surface area contributed by atoms with Crippen molar-refractivity contribution in [1.82, 2.24) is 9.80 Å². The van der Waals surface area contributed by atoms with E-state index in [1.807, 2.05) is 18.2 Å². The van der Waals surface area contributed by atoms with Crippen LogP contribution >= 0.6 is 0 Å². The second kappa shape index (κ2) is 8.43. The number of benzene rings is 2. The third kappa shape index (κ3) is 3.95. The van der Waals surface area contributed by atoms with Crippen molar-refractivity contribution in [3.05, 3.63) is 58.9 Å². The first-order valence-electron chi connectivity index (χ1n) is 12.4. The van der Waals surface area contributed by atoms with Gasteiger partial charge >= 0.3 is 6.09 Å². The Bertz CT molecular complexity index is 1040. The molecule has 3 aliphatic heterocycles. The molecule has 3 fully saturated rings. The van der Waals surface area contributed by atoms with Crippen LogP contribution in [0.1, 0.15) is 62.8 Å². The zero-order valence-corrected chi connectivity index (χ0v) is 20.0. The van der Waals surface area contributed by atoms with E-state index in [1.165, 1.54) is 5.56 Å². The monoisotopic (exact) mass is 450 g/mol. The van der Waals surface area contributed by atoms with Crippen LogP contribution in [0.5, 0.6) is 0 Å². The predicted molar refractivity (Wildman–Crippen MR) is 129 cm³/mol. The molecule has 1 N–H and O–H groups in total. The smallest absolute Gasteiger partial charge is 0.408 e. The first kappa shape index (κ1) is 22.4. The lowest BCUT2D eigenvalue weighted by atomic mass is 9.68. The molecule has 4 aliphatic rings. The van der Waals surface area contributed by atoms with Crippen molar-refractivity contribution in [3.63, 3.8) is 0 Å². The highest BCUT2D eigenvalue weighted by Crippen LogP contribution is 2.50. The maximum atomic E-state index is 15.6. The van der Waals surface area contributed by atoms with Gasteiger partial charge < -0.3 is 10.0 Å². The van der Waals surface area contributed by atoms with Crippen LogP contribution in [0, 0.1) is 17.2 Å². The molecule has 0 radical (unpaired) electrons. The molecule has 2 aromatic carbocycles. The van der Waals surface area contributed by atoms with Crippen molar-refractivity contribution in [2.24, 2.45) is 11.3 Å². The van der Waals surface area contributed by atoms with E-state index in [4.69, 9.17) is 0 Å². The number of nitrogens with zero attached hydrogens (tertiary/aromatic N) is 2. The van der Waals surface area contributed by atoms with Gasteiger partial charge in [-0.2, -0.15) is 0 Å². The first-order chi connectivity index (χ1) is 15.8. The summed E-state index contributed by atoms with van der Waals surface area (Å²) in [5.74, 6) is 0.133. The number of aryl methyl sites for hydroxylation is 2. The van der Waals surface area contributed by atoms with Gasteiger partial charge in [0.25, 0.3) is 0 Å². The molecule has 1 amide bonds. The molecular weight excluding hydrogens is 415 g/mol. The van der Waals surface area contributed by atoms with Gasteiger partial charge in [-0.05, 0) is 90.9 Å². The molecule has 5 heteroatoms. The van der Waals surface area contributed by atoms with Crippen LogP contribution < -0.4 is 0 Å². The lowest BCUT2D eigenvalue weighted by Crippen LogP contribution is -2.61. The van der Waals surface area contributed by atoms with E-state index in [0.717, 1.165) is 68.4 Å². The average Bonchev–Trinajstić information content (AvgIpc) is 2.81. The molecule has 0 aromatic heterocycles. The van der Waals surface area contributed by atoms with Gasteiger partial charge in [0, 0.05) is 12.1 Å². The lowest BCUT2D eigenvalue weighted by Gasteiger charge is -2.54. The van der Waals surface area contributed by atoms with Crippen LogP contribution in [0.2, 0.25) is 0 Å². The lowest BCUT2D eigenvalue weighted by molar-refractivity contribution is -0.0353. The molecule has 33 heavy (non-hydrogen) atoms. The fourth-order valence-corrected chi connectivity index (χ4v) is 6.48. The van der Waals surface area contributed by atoms with Crippen molar-refractivity contribution in [2.45, 2.75) is 65.0 Å². The van der Waals surface area contributed by atoms with Crippen molar-refractivity contribution >= 4 is 6.09 Å². The van der Waals surface area contributed by atoms with E-state index < -0.39 is 6.09 Å².